The Hall–Kier alpha value is -0.800. The van der Waals surface area contributed by atoms with Gasteiger partial charge in [-0.3, -0.25) is 0 Å². The number of nitrogens with zero attached hydrogens (tertiary/aromatic N) is 1. The van der Waals surface area contributed by atoms with Crippen LogP contribution in [0.1, 0.15) is 31.4 Å². The van der Waals surface area contributed by atoms with E-state index in [1.165, 1.54) is 25.7 Å². The molecule has 0 aliphatic heterocycles. The van der Waals surface area contributed by atoms with Gasteiger partial charge in [0.25, 0.3) is 0 Å². The van der Waals surface area contributed by atoms with Crippen LogP contribution in [-0.2, 0) is 6.54 Å². The van der Waals surface area contributed by atoms with Crippen molar-refractivity contribution in [3.8, 4) is 5.88 Å². The summed E-state index contributed by atoms with van der Waals surface area (Å²) in [6.45, 7) is 1.11. The van der Waals surface area contributed by atoms with Gasteiger partial charge in [-0.25, -0.2) is 4.98 Å². The van der Waals surface area contributed by atoms with Crippen LogP contribution in [0.4, 0.5) is 0 Å². The van der Waals surface area contributed by atoms with Crippen molar-refractivity contribution in [1.29, 1.82) is 0 Å². The SMILES string of the molecule is NCc1nc(OCC2CCCC2)ccc1Cl. The first-order valence-corrected chi connectivity index (χ1v) is 6.15. The van der Waals surface area contributed by atoms with E-state index in [1.807, 2.05) is 0 Å². The van der Waals surface area contributed by atoms with Gasteiger partial charge in [0, 0.05) is 12.6 Å². The van der Waals surface area contributed by atoms with Crippen LogP contribution < -0.4 is 10.5 Å². The fourth-order valence-electron chi connectivity index (χ4n) is 2.07. The maximum Gasteiger partial charge on any atom is 0.213 e. The molecule has 1 fully saturated rings. The van der Waals surface area contributed by atoms with E-state index in [0.29, 0.717) is 29.1 Å². The lowest BCUT2D eigenvalue weighted by molar-refractivity contribution is 0.243. The molecular formula is C12H17ClN2O. The van der Waals surface area contributed by atoms with Crippen LogP contribution in [0.2, 0.25) is 5.02 Å². The Kier molecular flexibility index (Phi) is 4.02. The van der Waals surface area contributed by atoms with Crippen molar-refractivity contribution in [2.24, 2.45) is 11.7 Å². The summed E-state index contributed by atoms with van der Waals surface area (Å²) >= 11 is 5.93. The van der Waals surface area contributed by atoms with E-state index in [9.17, 15) is 0 Å². The third-order valence-electron chi connectivity index (χ3n) is 3.03. The second-order valence-corrected chi connectivity index (χ2v) is 4.65. The molecule has 4 heteroatoms. The maximum atomic E-state index is 5.93. The standard InChI is InChI=1S/C12H17ClN2O/c13-10-5-6-12(15-11(10)7-14)16-8-9-3-1-2-4-9/h5-6,9H,1-4,7-8,14H2. The van der Waals surface area contributed by atoms with Crippen molar-refractivity contribution >= 4 is 11.6 Å². The van der Waals surface area contributed by atoms with Gasteiger partial charge in [-0.05, 0) is 24.8 Å². The molecule has 16 heavy (non-hydrogen) atoms. The van der Waals surface area contributed by atoms with Crippen LogP contribution in [-0.4, -0.2) is 11.6 Å². The smallest absolute Gasteiger partial charge is 0.213 e. The van der Waals surface area contributed by atoms with Crippen molar-refractivity contribution in [3.05, 3.63) is 22.8 Å². The molecule has 0 radical (unpaired) electrons. The Bertz CT molecular complexity index is 351. The van der Waals surface area contributed by atoms with E-state index in [4.69, 9.17) is 22.1 Å². The Morgan fingerprint density at radius 1 is 1.38 bits per heavy atom. The lowest BCUT2D eigenvalue weighted by Crippen LogP contribution is -2.10. The summed E-state index contributed by atoms with van der Waals surface area (Å²) < 4.78 is 5.66. The molecule has 1 aliphatic rings. The van der Waals surface area contributed by atoms with Crippen LogP contribution in [0, 0.1) is 5.92 Å². The molecule has 0 aromatic carbocycles. The minimum atomic E-state index is 0.347. The highest BCUT2D eigenvalue weighted by atomic mass is 35.5. The predicted octanol–water partition coefficient (Wildman–Crippen LogP) is 2.76. The number of pyridine rings is 1. The van der Waals surface area contributed by atoms with Gasteiger partial charge in [0.05, 0.1) is 17.3 Å². The Balaban J connectivity index is 1.93. The van der Waals surface area contributed by atoms with Crippen LogP contribution in [0.15, 0.2) is 12.1 Å². The highest BCUT2D eigenvalue weighted by Crippen LogP contribution is 2.25. The van der Waals surface area contributed by atoms with Gasteiger partial charge in [-0.2, -0.15) is 0 Å². The molecule has 88 valence electrons. The molecule has 0 bridgehead atoms. The number of aromatic nitrogens is 1. The van der Waals surface area contributed by atoms with Crippen molar-refractivity contribution < 1.29 is 4.74 Å². The summed E-state index contributed by atoms with van der Waals surface area (Å²) in [6, 6.07) is 3.59. The van der Waals surface area contributed by atoms with E-state index in [-0.39, 0.29) is 0 Å². The Morgan fingerprint density at radius 3 is 2.81 bits per heavy atom. The molecule has 0 spiro atoms. The largest absolute Gasteiger partial charge is 0.477 e. The summed E-state index contributed by atoms with van der Waals surface area (Å²) in [5, 5.41) is 0.607. The average Bonchev–Trinajstić information content (AvgIpc) is 2.81. The van der Waals surface area contributed by atoms with Gasteiger partial charge >= 0.3 is 0 Å². The summed E-state index contributed by atoms with van der Waals surface area (Å²) in [4.78, 5) is 4.27. The van der Waals surface area contributed by atoms with Gasteiger partial charge < -0.3 is 10.5 Å². The lowest BCUT2D eigenvalue weighted by Gasteiger charge is -2.11. The van der Waals surface area contributed by atoms with Gasteiger partial charge in [-0.15, -0.1) is 0 Å². The number of ether oxygens (including phenoxy) is 1. The summed E-state index contributed by atoms with van der Waals surface area (Å²) in [6.07, 6.45) is 5.21. The molecule has 1 aliphatic carbocycles. The highest BCUT2D eigenvalue weighted by Gasteiger charge is 2.15. The van der Waals surface area contributed by atoms with Crippen molar-refractivity contribution in [2.45, 2.75) is 32.2 Å². The third-order valence-corrected chi connectivity index (χ3v) is 3.37. The molecule has 0 atom stereocenters. The van der Waals surface area contributed by atoms with E-state index in [1.54, 1.807) is 12.1 Å². The summed E-state index contributed by atoms with van der Waals surface area (Å²) in [5.41, 5.74) is 6.23. The van der Waals surface area contributed by atoms with E-state index in [2.05, 4.69) is 4.98 Å². The first kappa shape index (κ1) is 11.7. The minimum Gasteiger partial charge on any atom is -0.477 e. The normalized spacial score (nSPS) is 16.6. The molecule has 1 aromatic heterocycles. The highest BCUT2D eigenvalue weighted by molar-refractivity contribution is 6.31. The summed E-state index contributed by atoms with van der Waals surface area (Å²) in [5.74, 6) is 1.33. The fourth-order valence-corrected chi connectivity index (χ4v) is 2.25. The second kappa shape index (κ2) is 5.51. The minimum absolute atomic E-state index is 0.347. The molecule has 0 saturated heterocycles. The average molecular weight is 241 g/mol. The fraction of sp³-hybridized carbons (Fsp3) is 0.583. The number of halogens is 1. The Morgan fingerprint density at radius 2 is 2.12 bits per heavy atom. The molecule has 1 saturated carbocycles. The monoisotopic (exact) mass is 240 g/mol. The molecule has 1 heterocycles. The number of rotatable bonds is 4. The van der Waals surface area contributed by atoms with Crippen LogP contribution >= 0.6 is 11.6 Å². The van der Waals surface area contributed by atoms with Crippen molar-refractivity contribution in [2.75, 3.05) is 6.61 Å². The topological polar surface area (TPSA) is 48.1 Å². The lowest BCUT2D eigenvalue weighted by atomic mass is 10.1. The van der Waals surface area contributed by atoms with Crippen LogP contribution in [0.3, 0.4) is 0 Å². The third kappa shape index (κ3) is 2.86. The van der Waals surface area contributed by atoms with E-state index in [0.717, 1.165) is 6.61 Å². The molecule has 2 rings (SSSR count). The molecule has 1 aromatic rings. The zero-order chi connectivity index (χ0) is 11.4. The Labute approximate surface area is 101 Å². The van der Waals surface area contributed by atoms with Gasteiger partial charge in [0.2, 0.25) is 5.88 Å². The van der Waals surface area contributed by atoms with Gasteiger partial charge in [0.1, 0.15) is 0 Å². The number of nitrogens with two attached hydrogens (primary N) is 1. The first-order valence-electron chi connectivity index (χ1n) is 5.78. The van der Waals surface area contributed by atoms with Gasteiger partial charge in [0.15, 0.2) is 0 Å². The molecule has 2 N–H and O–H groups in total. The molecule has 0 unspecified atom stereocenters. The molecular weight excluding hydrogens is 224 g/mol. The quantitative estimate of drug-likeness (QED) is 0.881. The van der Waals surface area contributed by atoms with E-state index >= 15 is 0 Å². The van der Waals surface area contributed by atoms with Crippen molar-refractivity contribution in [1.82, 2.24) is 4.98 Å². The van der Waals surface area contributed by atoms with Crippen LogP contribution in [0.5, 0.6) is 5.88 Å². The molecule has 3 nitrogen and oxygen atoms in total. The molecule has 0 amide bonds. The number of hydrogen-bond donors (Lipinski definition) is 1. The van der Waals surface area contributed by atoms with Crippen molar-refractivity contribution in [3.63, 3.8) is 0 Å². The predicted molar refractivity (Wildman–Crippen MR) is 64.6 cm³/mol. The maximum absolute atomic E-state index is 5.93. The van der Waals surface area contributed by atoms with Crippen LogP contribution in [0.25, 0.3) is 0 Å². The second-order valence-electron chi connectivity index (χ2n) is 4.24. The van der Waals surface area contributed by atoms with E-state index < -0.39 is 0 Å². The summed E-state index contributed by atoms with van der Waals surface area (Å²) in [7, 11) is 0. The zero-order valence-corrected chi connectivity index (χ0v) is 10.0. The number of hydrogen-bond acceptors (Lipinski definition) is 3. The zero-order valence-electron chi connectivity index (χ0n) is 9.29. The van der Waals surface area contributed by atoms with Gasteiger partial charge in [-0.1, -0.05) is 24.4 Å². The first-order chi connectivity index (χ1) is 7.79.